The van der Waals surface area contributed by atoms with Crippen molar-refractivity contribution in [1.82, 2.24) is 19.7 Å². The molecule has 0 N–H and O–H groups in total. The quantitative estimate of drug-likeness (QED) is 0.376. The fraction of sp³-hybridized carbons (Fsp3) is 0.200. The first-order valence-electron chi connectivity index (χ1n) is 8.70. The normalized spacial score (nSPS) is 11.1. The second kappa shape index (κ2) is 7.75. The molecule has 0 saturated carbocycles. The number of hydrogen-bond acceptors (Lipinski definition) is 6. The highest BCUT2D eigenvalue weighted by molar-refractivity contribution is 7.99. The smallest absolute Gasteiger partial charge is 0.316 e. The van der Waals surface area contributed by atoms with Gasteiger partial charge in [-0.2, -0.15) is 0 Å². The van der Waals surface area contributed by atoms with Crippen LogP contribution in [0.2, 0.25) is 0 Å². The van der Waals surface area contributed by atoms with Gasteiger partial charge in [0, 0.05) is 11.9 Å². The maximum absolute atomic E-state index is 11.6. The number of thioether (sulfide) groups is 1. The molecule has 0 bridgehead atoms. The highest BCUT2D eigenvalue weighted by atomic mass is 32.2. The number of fused-ring (bicyclic) bond motifs is 3. The molecule has 0 aliphatic rings. The zero-order valence-corrected chi connectivity index (χ0v) is 15.6. The molecule has 7 heteroatoms. The minimum Gasteiger partial charge on any atom is -0.465 e. The average molecular weight is 378 g/mol. The van der Waals surface area contributed by atoms with Gasteiger partial charge in [-0.3, -0.25) is 4.79 Å². The van der Waals surface area contributed by atoms with Gasteiger partial charge in [0.1, 0.15) is 5.52 Å². The topological polar surface area (TPSA) is 69.9 Å². The predicted molar refractivity (Wildman–Crippen MR) is 106 cm³/mol. The average Bonchev–Trinajstić information content (AvgIpc) is 3.01. The van der Waals surface area contributed by atoms with Crippen LogP contribution < -0.4 is 0 Å². The lowest BCUT2D eigenvalue weighted by molar-refractivity contribution is -0.139. The van der Waals surface area contributed by atoms with Gasteiger partial charge in [0.15, 0.2) is 5.65 Å². The lowest BCUT2D eigenvalue weighted by atomic mass is 10.2. The van der Waals surface area contributed by atoms with Gasteiger partial charge in [0.25, 0.3) is 0 Å². The van der Waals surface area contributed by atoms with E-state index in [1.807, 2.05) is 36.4 Å². The Balaban J connectivity index is 1.75. The van der Waals surface area contributed by atoms with Gasteiger partial charge in [0.05, 0.1) is 17.9 Å². The fourth-order valence-corrected chi connectivity index (χ4v) is 3.58. The standard InChI is InChI=1S/C20H18N4O2S/c1-2-26-17(25)13-27-20-21-19-18(22-23-20)15-10-6-7-11-16(15)24(19)12-14-8-4-3-5-9-14/h3-11H,2,12-13H2,1H3. The van der Waals surface area contributed by atoms with Crippen molar-refractivity contribution < 1.29 is 9.53 Å². The van der Waals surface area contributed by atoms with Gasteiger partial charge in [-0.15, -0.1) is 10.2 Å². The molecule has 0 aliphatic carbocycles. The van der Waals surface area contributed by atoms with E-state index in [0.717, 1.165) is 22.1 Å². The number of ether oxygens (including phenoxy) is 1. The van der Waals surface area contributed by atoms with E-state index < -0.39 is 0 Å². The summed E-state index contributed by atoms with van der Waals surface area (Å²) in [5, 5.41) is 10.1. The monoisotopic (exact) mass is 378 g/mol. The number of rotatable bonds is 6. The molecule has 2 aromatic heterocycles. The van der Waals surface area contributed by atoms with Crippen molar-refractivity contribution in [2.75, 3.05) is 12.4 Å². The molecule has 27 heavy (non-hydrogen) atoms. The van der Waals surface area contributed by atoms with Crippen LogP contribution in [0.15, 0.2) is 59.8 Å². The summed E-state index contributed by atoms with van der Waals surface area (Å²) >= 11 is 1.24. The number of benzene rings is 2. The Labute approximate surface area is 160 Å². The van der Waals surface area contributed by atoms with E-state index >= 15 is 0 Å². The van der Waals surface area contributed by atoms with Gasteiger partial charge < -0.3 is 9.30 Å². The molecule has 0 atom stereocenters. The number of para-hydroxylation sites is 1. The predicted octanol–water partition coefficient (Wildman–Crippen LogP) is 3.68. The Kier molecular flexibility index (Phi) is 5.02. The summed E-state index contributed by atoms with van der Waals surface area (Å²) in [6.45, 7) is 2.84. The van der Waals surface area contributed by atoms with Crippen molar-refractivity contribution in [3.8, 4) is 0 Å². The summed E-state index contributed by atoms with van der Waals surface area (Å²) in [4.78, 5) is 16.3. The number of aromatic nitrogens is 4. The third kappa shape index (κ3) is 3.64. The lowest BCUT2D eigenvalue weighted by Gasteiger charge is -2.07. The summed E-state index contributed by atoms with van der Waals surface area (Å²) in [7, 11) is 0. The molecular weight excluding hydrogens is 360 g/mol. The van der Waals surface area contributed by atoms with Crippen molar-refractivity contribution in [1.29, 1.82) is 0 Å². The van der Waals surface area contributed by atoms with Gasteiger partial charge in [-0.1, -0.05) is 60.3 Å². The van der Waals surface area contributed by atoms with E-state index in [4.69, 9.17) is 4.74 Å². The summed E-state index contributed by atoms with van der Waals surface area (Å²) in [5.41, 5.74) is 3.77. The summed E-state index contributed by atoms with van der Waals surface area (Å²) in [5.74, 6) is -0.115. The van der Waals surface area contributed by atoms with Crippen LogP contribution in [0.3, 0.4) is 0 Å². The van der Waals surface area contributed by atoms with Crippen LogP contribution in [0.4, 0.5) is 0 Å². The molecule has 4 rings (SSSR count). The maximum atomic E-state index is 11.6. The fourth-order valence-electron chi connectivity index (χ4n) is 3.00. The van der Waals surface area contributed by atoms with E-state index in [0.29, 0.717) is 18.3 Å². The molecule has 2 aromatic carbocycles. The minimum absolute atomic E-state index is 0.167. The Morgan fingerprint density at radius 3 is 2.67 bits per heavy atom. The van der Waals surface area contributed by atoms with Crippen molar-refractivity contribution in [2.45, 2.75) is 18.6 Å². The summed E-state index contributed by atoms with van der Waals surface area (Å²) in [6.07, 6.45) is 0. The van der Waals surface area contributed by atoms with Crippen LogP contribution in [0.25, 0.3) is 22.1 Å². The van der Waals surface area contributed by atoms with Crippen molar-refractivity contribution in [3.63, 3.8) is 0 Å². The van der Waals surface area contributed by atoms with Crippen LogP contribution in [-0.4, -0.2) is 38.1 Å². The zero-order chi connectivity index (χ0) is 18.6. The molecule has 0 spiro atoms. The second-order valence-electron chi connectivity index (χ2n) is 5.95. The Bertz CT molecular complexity index is 1100. The molecule has 0 unspecified atom stereocenters. The first-order chi connectivity index (χ1) is 13.3. The van der Waals surface area contributed by atoms with E-state index in [2.05, 4.69) is 37.9 Å². The lowest BCUT2D eigenvalue weighted by Crippen LogP contribution is -2.07. The molecule has 4 aromatic rings. The third-order valence-electron chi connectivity index (χ3n) is 4.16. The molecular formula is C20H18N4O2S. The number of hydrogen-bond donors (Lipinski definition) is 0. The summed E-state index contributed by atoms with van der Waals surface area (Å²) < 4.78 is 7.10. The summed E-state index contributed by atoms with van der Waals surface area (Å²) in [6, 6.07) is 18.3. The van der Waals surface area contributed by atoms with Crippen LogP contribution in [0.5, 0.6) is 0 Å². The first-order valence-corrected chi connectivity index (χ1v) is 9.69. The van der Waals surface area contributed by atoms with Gasteiger partial charge in [-0.25, -0.2) is 4.98 Å². The van der Waals surface area contributed by atoms with E-state index in [9.17, 15) is 4.79 Å². The van der Waals surface area contributed by atoms with Gasteiger partial charge in [0.2, 0.25) is 5.16 Å². The van der Waals surface area contributed by atoms with Crippen molar-refractivity contribution >= 4 is 39.8 Å². The molecule has 2 heterocycles. The minimum atomic E-state index is -0.281. The second-order valence-corrected chi connectivity index (χ2v) is 6.89. The Morgan fingerprint density at radius 2 is 1.85 bits per heavy atom. The molecule has 0 saturated heterocycles. The van der Waals surface area contributed by atoms with Crippen molar-refractivity contribution in [3.05, 3.63) is 60.2 Å². The maximum Gasteiger partial charge on any atom is 0.316 e. The SMILES string of the molecule is CCOC(=O)CSc1nnc2c3ccccc3n(Cc3ccccc3)c2n1. The zero-order valence-electron chi connectivity index (χ0n) is 14.8. The van der Waals surface area contributed by atoms with Crippen LogP contribution in [0, 0.1) is 0 Å². The molecule has 0 amide bonds. The Morgan fingerprint density at radius 1 is 1.07 bits per heavy atom. The van der Waals surface area contributed by atoms with E-state index in [1.165, 1.54) is 17.3 Å². The molecule has 136 valence electrons. The van der Waals surface area contributed by atoms with Gasteiger partial charge >= 0.3 is 5.97 Å². The molecule has 0 fully saturated rings. The van der Waals surface area contributed by atoms with Gasteiger partial charge in [-0.05, 0) is 18.6 Å². The highest BCUT2D eigenvalue weighted by Crippen LogP contribution is 2.28. The number of carbonyl (C=O) groups is 1. The largest absolute Gasteiger partial charge is 0.465 e. The first kappa shape index (κ1) is 17.5. The Hall–Kier alpha value is -2.93. The highest BCUT2D eigenvalue weighted by Gasteiger charge is 2.15. The molecule has 0 aliphatic heterocycles. The van der Waals surface area contributed by atoms with E-state index in [1.54, 1.807) is 6.92 Å². The van der Waals surface area contributed by atoms with Crippen LogP contribution in [0.1, 0.15) is 12.5 Å². The molecule has 0 radical (unpaired) electrons. The van der Waals surface area contributed by atoms with Crippen molar-refractivity contribution in [2.24, 2.45) is 0 Å². The number of carbonyl (C=O) groups excluding carboxylic acids is 1. The van der Waals surface area contributed by atoms with Crippen LogP contribution >= 0.6 is 11.8 Å². The molecule has 6 nitrogen and oxygen atoms in total. The number of esters is 1. The van der Waals surface area contributed by atoms with E-state index in [-0.39, 0.29) is 11.7 Å². The van der Waals surface area contributed by atoms with Crippen LogP contribution in [-0.2, 0) is 16.1 Å². The third-order valence-corrected chi connectivity index (χ3v) is 4.97. The number of nitrogens with zero attached hydrogens (tertiary/aromatic N) is 4.